The van der Waals surface area contributed by atoms with Gasteiger partial charge in [0.25, 0.3) is 0 Å². The Morgan fingerprint density at radius 1 is 1.17 bits per heavy atom. The minimum atomic E-state index is -0.315. The average Bonchev–Trinajstić information content (AvgIpc) is 3.33. The second-order valence-electron chi connectivity index (χ2n) is 7.33. The van der Waals surface area contributed by atoms with Crippen LogP contribution in [-0.4, -0.2) is 44.1 Å². The van der Waals surface area contributed by atoms with Gasteiger partial charge in [-0.15, -0.1) is 12.4 Å². The summed E-state index contributed by atoms with van der Waals surface area (Å²) >= 11 is 0. The van der Waals surface area contributed by atoms with Crippen molar-refractivity contribution < 1.29 is 9.53 Å². The van der Waals surface area contributed by atoms with Gasteiger partial charge >= 0.3 is 0 Å². The Balaban J connectivity index is 0.00000169. The summed E-state index contributed by atoms with van der Waals surface area (Å²) in [7, 11) is 1.69. The van der Waals surface area contributed by atoms with Crippen molar-refractivity contribution in [2.24, 2.45) is 11.8 Å². The van der Waals surface area contributed by atoms with Crippen molar-refractivity contribution in [1.29, 1.82) is 0 Å². The van der Waals surface area contributed by atoms with Crippen LogP contribution >= 0.6 is 12.4 Å². The van der Waals surface area contributed by atoms with E-state index in [2.05, 4.69) is 16.3 Å². The van der Waals surface area contributed by atoms with Crippen molar-refractivity contribution in [1.82, 2.24) is 10.2 Å². The Morgan fingerprint density at radius 2 is 1.79 bits per heavy atom. The zero-order valence-electron chi connectivity index (χ0n) is 14.3. The fraction of sp³-hybridized carbons (Fsp3) is 0.632. The van der Waals surface area contributed by atoms with Gasteiger partial charge in [-0.2, -0.15) is 0 Å². The van der Waals surface area contributed by atoms with E-state index in [1.165, 1.54) is 0 Å². The van der Waals surface area contributed by atoms with E-state index in [0.29, 0.717) is 5.91 Å². The number of methoxy groups -OCH3 is 1. The number of hydrogen-bond acceptors (Lipinski definition) is 3. The van der Waals surface area contributed by atoms with E-state index in [1.54, 1.807) is 7.11 Å². The van der Waals surface area contributed by atoms with Crippen LogP contribution in [-0.2, 0) is 10.2 Å². The third-order valence-corrected chi connectivity index (χ3v) is 6.09. The normalized spacial score (nSPS) is 27.6. The number of carbonyl (C=O) groups is 1. The predicted octanol–water partition coefficient (Wildman–Crippen LogP) is 2.61. The minimum Gasteiger partial charge on any atom is -0.496 e. The molecule has 4 rings (SSSR count). The maximum atomic E-state index is 13.3. The van der Waals surface area contributed by atoms with Gasteiger partial charge in [-0.1, -0.05) is 18.2 Å². The van der Waals surface area contributed by atoms with Crippen LogP contribution in [0.1, 0.15) is 31.2 Å². The summed E-state index contributed by atoms with van der Waals surface area (Å²) in [6.07, 6.45) is 4.20. The molecule has 1 amide bonds. The Morgan fingerprint density at radius 3 is 2.38 bits per heavy atom. The molecule has 1 aromatic carbocycles. The molecule has 1 aliphatic carbocycles. The van der Waals surface area contributed by atoms with Crippen LogP contribution in [0.25, 0.3) is 0 Å². The highest BCUT2D eigenvalue weighted by atomic mass is 35.5. The third kappa shape index (κ3) is 2.91. The number of rotatable bonds is 3. The van der Waals surface area contributed by atoms with Crippen LogP contribution in [0.15, 0.2) is 24.3 Å². The van der Waals surface area contributed by atoms with Gasteiger partial charge in [-0.25, -0.2) is 0 Å². The van der Waals surface area contributed by atoms with Crippen molar-refractivity contribution in [3.05, 3.63) is 29.8 Å². The molecule has 1 saturated carbocycles. The molecule has 3 aliphatic rings. The minimum absolute atomic E-state index is 0. The number of amides is 1. The van der Waals surface area contributed by atoms with E-state index in [-0.39, 0.29) is 17.8 Å². The first-order valence-corrected chi connectivity index (χ1v) is 8.88. The summed E-state index contributed by atoms with van der Waals surface area (Å²) in [5, 5.41) is 3.50. The molecule has 2 atom stereocenters. The summed E-state index contributed by atoms with van der Waals surface area (Å²) < 4.78 is 5.52. The molecule has 0 spiro atoms. The molecule has 4 nitrogen and oxygen atoms in total. The molecule has 2 saturated heterocycles. The molecule has 0 aromatic heterocycles. The van der Waals surface area contributed by atoms with E-state index in [1.807, 2.05) is 18.2 Å². The van der Waals surface area contributed by atoms with Crippen LogP contribution in [0.4, 0.5) is 0 Å². The zero-order chi connectivity index (χ0) is 15.9. The molecular weight excluding hydrogens is 324 g/mol. The predicted molar refractivity (Wildman–Crippen MR) is 96.8 cm³/mol. The number of ether oxygens (including phenoxy) is 1. The Kier molecular flexibility index (Phi) is 5.07. The van der Waals surface area contributed by atoms with Gasteiger partial charge in [-0.05, 0) is 56.7 Å². The van der Waals surface area contributed by atoms with Gasteiger partial charge in [0, 0.05) is 18.7 Å². The number of halogens is 1. The smallest absolute Gasteiger partial charge is 0.233 e. The largest absolute Gasteiger partial charge is 0.496 e. The third-order valence-electron chi connectivity index (χ3n) is 6.09. The molecular formula is C19H27ClN2O2. The van der Waals surface area contributed by atoms with Crippen molar-refractivity contribution in [2.75, 3.05) is 33.3 Å². The van der Waals surface area contributed by atoms with Crippen molar-refractivity contribution >= 4 is 18.3 Å². The van der Waals surface area contributed by atoms with Crippen LogP contribution in [0, 0.1) is 11.8 Å². The second kappa shape index (κ2) is 6.93. The fourth-order valence-corrected chi connectivity index (χ4v) is 4.49. The number of benzene rings is 1. The van der Waals surface area contributed by atoms with Gasteiger partial charge in [0.1, 0.15) is 5.75 Å². The average molecular weight is 351 g/mol. The van der Waals surface area contributed by atoms with Crippen LogP contribution in [0.2, 0.25) is 0 Å². The molecule has 1 N–H and O–H groups in total. The van der Waals surface area contributed by atoms with Crippen molar-refractivity contribution in [3.8, 4) is 5.75 Å². The van der Waals surface area contributed by atoms with Gasteiger partial charge in [0.15, 0.2) is 0 Å². The number of fused-ring (bicyclic) bond motifs is 1. The standard InChI is InChI=1S/C19H26N2O2.ClH/c1-23-17-5-3-2-4-16(17)19(8-9-19)18(22)21-10-6-14-12-20-13-15(14)7-11-21;/h2-5,14-15,20H,6-13H2,1H3;1H/t14-,15+;. The van der Waals surface area contributed by atoms with Gasteiger partial charge in [-0.3, -0.25) is 4.79 Å². The van der Waals surface area contributed by atoms with Crippen LogP contribution < -0.4 is 10.1 Å². The number of likely N-dealkylation sites (tertiary alicyclic amines) is 1. The Bertz CT molecular complexity index is 589. The van der Waals surface area contributed by atoms with Crippen LogP contribution in [0.3, 0.4) is 0 Å². The van der Waals surface area contributed by atoms with E-state index in [9.17, 15) is 4.79 Å². The summed E-state index contributed by atoms with van der Waals surface area (Å²) in [5.74, 6) is 2.70. The molecule has 1 aromatic rings. The topological polar surface area (TPSA) is 41.6 Å². The summed E-state index contributed by atoms with van der Waals surface area (Å²) in [5.41, 5.74) is 0.767. The Labute approximate surface area is 150 Å². The molecule has 0 radical (unpaired) electrons. The Hall–Kier alpha value is -1.26. The first-order valence-electron chi connectivity index (χ1n) is 8.88. The SMILES string of the molecule is COc1ccccc1C1(C(=O)N2CC[C@@H]3CNC[C@@H]3CC2)CC1.Cl. The summed E-state index contributed by atoms with van der Waals surface area (Å²) in [4.78, 5) is 15.4. The molecule has 24 heavy (non-hydrogen) atoms. The highest BCUT2D eigenvalue weighted by Gasteiger charge is 2.54. The number of nitrogens with one attached hydrogen (secondary N) is 1. The lowest BCUT2D eigenvalue weighted by Crippen LogP contribution is -2.40. The number of hydrogen-bond donors (Lipinski definition) is 1. The maximum Gasteiger partial charge on any atom is 0.233 e. The number of carbonyl (C=O) groups excluding carboxylic acids is 1. The highest BCUT2D eigenvalue weighted by molar-refractivity contribution is 5.92. The van der Waals surface area contributed by atoms with E-state index in [0.717, 1.165) is 75.0 Å². The maximum absolute atomic E-state index is 13.3. The monoisotopic (exact) mass is 350 g/mol. The molecule has 2 heterocycles. The molecule has 2 aliphatic heterocycles. The fourth-order valence-electron chi connectivity index (χ4n) is 4.49. The van der Waals surface area contributed by atoms with Crippen molar-refractivity contribution in [3.63, 3.8) is 0 Å². The quantitative estimate of drug-likeness (QED) is 0.911. The molecule has 0 bridgehead atoms. The van der Waals surface area contributed by atoms with Crippen LogP contribution in [0.5, 0.6) is 5.75 Å². The second-order valence-corrected chi connectivity index (χ2v) is 7.33. The van der Waals surface area contributed by atoms with Gasteiger partial charge in [0.2, 0.25) is 5.91 Å². The van der Waals surface area contributed by atoms with Crippen molar-refractivity contribution in [2.45, 2.75) is 31.1 Å². The molecule has 132 valence electrons. The van der Waals surface area contributed by atoms with E-state index in [4.69, 9.17) is 4.74 Å². The first-order chi connectivity index (χ1) is 11.2. The lowest BCUT2D eigenvalue weighted by molar-refractivity contribution is -0.134. The highest BCUT2D eigenvalue weighted by Crippen LogP contribution is 2.52. The summed E-state index contributed by atoms with van der Waals surface area (Å²) in [6.45, 7) is 4.09. The summed E-state index contributed by atoms with van der Waals surface area (Å²) in [6, 6.07) is 8.04. The van der Waals surface area contributed by atoms with E-state index < -0.39 is 0 Å². The first kappa shape index (κ1) is 17.6. The lowest BCUT2D eigenvalue weighted by atomic mass is 9.92. The lowest BCUT2D eigenvalue weighted by Gasteiger charge is -2.27. The molecule has 3 fully saturated rings. The van der Waals surface area contributed by atoms with Gasteiger partial charge < -0.3 is 15.0 Å². The van der Waals surface area contributed by atoms with E-state index >= 15 is 0 Å². The zero-order valence-corrected chi connectivity index (χ0v) is 15.1. The molecule has 5 heteroatoms. The number of nitrogens with zero attached hydrogens (tertiary/aromatic N) is 1. The van der Waals surface area contributed by atoms with Gasteiger partial charge in [0.05, 0.1) is 12.5 Å². The number of para-hydroxylation sites is 1. The molecule has 0 unspecified atom stereocenters.